The lowest BCUT2D eigenvalue weighted by Crippen LogP contribution is -2.12. The summed E-state index contributed by atoms with van der Waals surface area (Å²) in [4.78, 5) is 28.3. The highest BCUT2D eigenvalue weighted by atomic mass is 16.5. The normalized spacial score (nSPS) is 10.2. The standard InChI is InChI=1S/C22H21N3O4/c1-14(26)15-5-4-6-17(9-15)24-19-10-16(12-23-13-19)22(27)25-18-7-8-20(28-2)21(11-18)29-3/h4-13,24H,1-3H3,(H,25,27). The van der Waals surface area contributed by atoms with Gasteiger partial charge in [0, 0.05) is 29.2 Å². The molecule has 0 aliphatic heterocycles. The lowest BCUT2D eigenvalue weighted by Gasteiger charge is -2.11. The number of carbonyl (C=O) groups excluding carboxylic acids is 2. The Kier molecular flexibility index (Phi) is 6.09. The molecule has 1 amide bonds. The number of amides is 1. The van der Waals surface area contributed by atoms with Gasteiger partial charge in [-0.3, -0.25) is 14.6 Å². The molecule has 0 bridgehead atoms. The van der Waals surface area contributed by atoms with Gasteiger partial charge in [0.15, 0.2) is 17.3 Å². The minimum Gasteiger partial charge on any atom is -0.493 e. The first kappa shape index (κ1) is 19.9. The average molecular weight is 391 g/mol. The van der Waals surface area contributed by atoms with Gasteiger partial charge in [-0.2, -0.15) is 0 Å². The molecule has 0 aliphatic carbocycles. The zero-order valence-electron chi connectivity index (χ0n) is 16.4. The topological polar surface area (TPSA) is 89.5 Å². The molecule has 3 rings (SSSR count). The maximum atomic E-state index is 12.6. The van der Waals surface area contributed by atoms with Crippen LogP contribution in [0.2, 0.25) is 0 Å². The largest absolute Gasteiger partial charge is 0.493 e. The van der Waals surface area contributed by atoms with E-state index in [0.717, 1.165) is 5.69 Å². The summed E-state index contributed by atoms with van der Waals surface area (Å²) >= 11 is 0. The van der Waals surface area contributed by atoms with Crippen LogP contribution in [0.15, 0.2) is 60.9 Å². The van der Waals surface area contributed by atoms with Crippen LogP contribution in [0.25, 0.3) is 0 Å². The molecule has 0 saturated heterocycles. The highest BCUT2D eigenvalue weighted by molar-refractivity contribution is 6.04. The average Bonchev–Trinajstić information content (AvgIpc) is 2.74. The van der Waals surface area contributed by atoms with Crippen molar-refractivity contribution >= 4 is 28.8 Å². The number of rotatable bonds is 7. The molecule has 2 N–H and O–H groups in total. The van der Waals surface area contributed by atoms with Crippen LogP contribution >= 0.6 is 0 Å². The van der Waals surface area contributed by atoms with Crippen molar-refractivity contribution in [2.45, 2.75) is 6.92 Å². The summed E-state index contributed by atoms with van der Waals surface area (Å²) in [5, 5.41) is 5.97. The van der Waals surface area contributed by atoms with Gasteiger partial charge in [-0.05, 0) is 37.3 Å². The van der Waals surface area contributed by atoms with Gasteiger partial charge in [0.2, 0.25) is 0 Å². The first-order valence-electron chi connectivity index (χ1n) is 8.86. The van der Waals surface area contributed by atoms with Crippen LogP contribution in [0.4, 0.5) is 17.1 Å². The fraction of sp³-hybridized carbons (Fsp3) is 0.136. The molecular formula is C22H21N3O4. The fourth-order valence-corrected chi connectivity index (χ4v) is 2.73. The first-order chi connectivity index (χ1) is 14.0. The molecule has 1 aromatic heterocycles. The lowest BCUT2D eigenvalue weighted by atomic mass is 10.1. The number of Topliss-reactive ketones (excluding diaryl/α,β-unsaturated/α-hetero) is 1. The molecule has 29 heavy (non-hydrogen) atoms. The van der Waals surface area contributed by atoms with Crippen molar-refractivity contribution in [1.82, 2.24) is 4.98 Å². The van der Waals surface area contributed by atoms with Crippen molar-refractivity contribution < 1.29 is 19.1 Å². The zero-order chi connectivity index (χ0) is 20.8. The minimum atomic E-state index is -0.314. The predicted octanol–water partition coefficient (Wildman–Crippen LogP) is 4.30. The number of hydrogen-bond acceptors (Lipinski definition) is 6. The SMILES string of the molecule is COc1ccc(NC(=O)c2cncc(Nc3cccc(C(C)=O)c3)c2)cc1OC. The van der Waals surface area contributed by atoms with E-state index in [9.17, 15) is 9.59 Å². The number of ether oxygens (including phenoxy) is 2. The Balaban J connectivity index is 1.76. The molecule has 0 unspecified atom stereocenters. The van der Waals surface area contributed by atoms with E-state index in [1.54, 1.807) is 55.8 Å². The molecule has 7 nitrogen and oxygen atoms in total. The molecular weight excluding hydrogens is 370 g/mol. The maximum absolute atomic E-state index is 12.6. The number of ketones is 1. The number of hydrogen-bond donors (Lipinski definition) is 2. The quantitative estimate of drug-likeness (QED) is 0.584. The molecule has 2 aromatic carbocycles. The van der Waals surface area contributed by atoms with Crippen LogP contribution in [-0.4, -0.2) is 30.9 Å². The monoisotopic (exact) mass is 391 g/mol. The molecule has 7 heteroatoms. The van der Waals surface area contributed by atoms with Crippen molar-refractivity contribution in [2.75, 3.05) is 24.9 Å². The van der Waals surface area contributed by atoms with Crippen LogP contribution in [0, 0.1) is 0 Å². The smallest absolute Gasteiger partial charge is 0.257 e. The number of pyridine rings is 1. The Bertz CT molecular complexity index is 1050. The summed E-state index contributed by atoms with van der Waals surface area (Å²) in [7, 11) is 3.08. The summed E-state index contributed by atoms with van der Waals surface area (Å²) in [6.45, 7) is 1.51. The number of carbonyl (C=O) groups is 2. The van der Waals surface area contributed by atoms with E-state index in [1.165, 1.54) is 20.2 Å². The molecule has 0 atom stereocenters. The third-order valence-electron chi connectivity index (χ3n) is 4.20. The summed E-state index contributed by atoms with van der Waals surface area (Å²) in [5.74, 6) is 0.760. The fourth-order valence-electron chi connectivity index (χ4n) is 2.73. The van der Waals surface area contributed by atoms with Crippen LogP contribution < -0.4 is 20.1 Å². The summed E-state index contributed by atoms with van der Waals surface area (Å²) in [6, 6.07) is 13.9. The van der Waals surface area contributed by atoms with Gasteiger partial charge in [0.25, 0.3) is 5.91 Å². The Morgan fingerprint density at radius 1 is 0.828 bits per heavy atom. The van der Waals surface area contributed by atoms with Gasteiger partial charge in [0.05, 0.1) is 31.7 Å². The van der Waals surface area contributed by atoms with Gasteiger partial charge < -0.3 is 20.1 Å². The number of anilines is 3. The van der Waals surface area contributed by atoms with Crippen LogP contribution in [0.5, 0.6) is 11.5 Å². The summed E-state index contributed by atoms with van der Waals surface area (Å²) in [6.07, 6.45) is 3.08. The number of benzene rings is 2. The first-order valence-corrected chi connectivity index (χ1v) is 8.86. The molecule has 1 heterocycles. The van der Waals surface area contributed by atoms with Crippen LogP contribution in [0.1, 0.15) is 27.6 Å². The van der Waals surface area contributed by atoms with Gasteiger partial charge in [-0.25, -0.2) is 0 Å². The minimum absolute atomic E-state index is 0.0187. The maximum Gasteiger partial charge on any atom is 0.257 e. The number of aromatic nitrogens is 1. The molecule has 0 aliphatic rings. The van der Waals surface area contributed by atoms with E-state index < -0.39 is 0 Å². The Morgan fingerprint density at radius 2 is 1.59 bits per heavy atom. The van der Waals surface area contributed by atoms with E-state index in [1.807, 2.05) is 6.07 Å². The lowest BCUT2D eigenvalue weighted by molar-refractivity contribution is 0.101. The van der Waals surface area contributed by atoms with Crippen molar-refractivity contribution in [3.63, 3.8) is 0 Å². The second-order valence-corrected chi connectivity index (χ2v) is 6.25. The molecule has 148 valence electrons. The molecule has 0 fully saturated rings. The third-order valence-corrected chi connectivity index (χ3v) is 4.20. The molecule has 0 radical (unpaired) electrons. The van der Waals surface area contributed by atoms with E-state index >= 15 is 0 Å². The molecule has 0 spiro atoms. The van der Waals surface area contributed by atoms with E-state index in [4.69, 9.17) is 9.47 Å². The Hall–Kier alpha value is -3.87. The van der Waals surface area contributed by atoms with Crippen LogP contribution in [0.3, 0.4) is 0 Å². The second kappa shape index (κ2) is 8.88. The zero-order valence-corrected chi connectivity index (χ0v) is 16.4. The molecule has 3 aromatic rings. The summed E-state index contributed by atoms with van der Waals surface area (Å²) < 4.78 is 10.5. The van der Waals surface area contributed by atoms with Gasteiger partial charge in [0.1, 0.15) is 0 Å². The van der Waals surface area contributed by atoms with Gasteiger partial charge >= 0.3 is 0 Å². The number of methoxy groups -OCH3 is 2. The Labute approximate surface area is 168 Å². The number of nitrogens with zero attached hydrogens (tertiary/aromatic N) is 1. The highest BCUT2D eigenvalue weighted by Crippen LogP contribution is 2.30. The van der Waals surface area contributed by atoms with E-state index in [0.29, 0.717) is 34.0 Å². The van der Waals surface area contributed by atoms with Crippen LogP contribution in [-0.2, 0) is 0 Å². The van der Waals surface area contributed by atoms with Gasteiger partial charge in [-0.1, -0.05) is 12.1 Å². The van der Waals surface area contributed by atoms with E-state index in [-0.39, 0.29) is 11.7 Å². The van der Waals surface area contributed by atoms with E-state index in [2.05, 4.69) is 15.6 Å². The van der Waals surface area contributed by atoms with Gasteiger partial charge in [-0.15, -0.1) is 0 Å². The van der Waals surface area contributed by atoms with Crippen molar-refractivity contribution in [2.24, 2.45) is 0 Å². The van der Waals surface area contributed by atoms with Crippen molar-refractivity contribution in [1.29, 1.82) is 0 Å². The van der Waals surface area contributed by atoms with Crippen molar-refractivity contribution in [3.05, 3.63) is 72.1 Å². The second-order valence-electron chi connectivity index (χ2n) is 6.25. The third kappa shape index (κ3) is 4.90. The summed E-state index contributed by atoms with van der Waals surface area (Å²) in [5.41, 5.74) is 2.92. The highest BCUT2D eigenvalue weighted by Gasteiger charge is 2.11. The number of nitrogens with one attached hydrogen (secondary N) is 2. The predicted molar refractivity (Wildman–Crippen MR) is 111 cm³/mol. The van der Waals surface area contributed by atoms with Crippen molar-refractivity contribution in [3.8, 4) is 11.5 Å². The Morgan fingerprint density at radius 3 is 2.31 bits per heavy atom. The molecule has 0 saturated carbocycles.